The van der Waals surface area contributed by atoms with Crippen LogP contribution in [0, 0.1) is 0 Å². The minimum absolute atomic E-state index is 0.0656. The second kappa shape index (κ2) is 8.13. The molecule has 2 aliphatic rings. The molecule has 0 spiro atoms. The quantitative estimate of drug-likeness (QED) is 0.671. The summed E-state index contributed by atoms with van der Waals surface area (Å²) in [4.78, 5) is 28.7. The molecule has 30 heavy (non-hydrogen) atoms. The highest BCUT2D eigenvalue weighted by Crippen LogP contribution is 2.40. The zero-order valence-electron chi connectivity index (χ0n) is 16.6. The van der Waals surface area contributed by atoms with Crippen molar-refractivity contribution in [3.63, 3.8) is 0 Å². The fourth-order valence-corrected chi connectivity index (χ4v) is 5.93. The minimum Gasteiger partial charge on any atom is -0.392 e. The summed E-state index contributed by atoms with van der Waals surface area (Å²) in [5, 5.41) is 11.3. The van der Waals surface area contributed by atoms with E-state index in [0.29, 0.717) is 18.1 Å². The molecule has 1 aliphatic carbocycles. The first-order valence-corrected chi connectivity index (χ1v) is 11.5. The number of aryl methyl sites for hydroxylation is 2. The predicted molar refractivity (Wildman–Crippen MR) is 119 cm³/mol. The van der Waals surface area contributed by atoms with Crippen LogP contribution in [0.5, 0.6) is 0 Å². The molecule has 1 aromatic carbocycles. The molecule has 3 aromatic rings. The van der Waals surface area contributed by atoms with Gasteiger partial charge in [0.25, 0.3) is 0 Å². The number of carbonyl (C=O) groups is 1. The Labute approximate surface area is 184 Å². The minimum atomic E-state index is -0.0950. The Morgan fingerprint density at radius 3 is 2.77 bits per heavy atom. The fraction of sp³-hybridized carbons (Fsp3) is 0.409. The summed E-state index contributed by atoms with van der Waals surface area (Å²) in [5.41, 5.74) is 2.98. The third-order valence-electron chi connectivity index (χ3n) is 6.09. The van der Waals surface area contributed by atoms with Crippen molar-refractivity contribution in [2.75, 3.05) is 31.1 Å². The van der Waals surface area contributed by atoms with Crippen molar-refractivity contribution < 1.29 is 9.90 Å². The summed E-state index contributed by atoms with van der Waals surface area (Å²) in [6, 6.07) is 5.29. The van der Waals surface area contributed by atoms with E-state index in [-0.39, 0.29) is 18.9 Å². The monoisotopic (exact) mass is 442 g/mol. The first-order chi connectivity index (χ1) is 14.6. The highest BCUT2D eigenvalue weighted by atomic mass is 35.5. The van der Waals surface area contributed by atoms with Gasteiger partial charge in [0.05, 0.1) is 18.4 Å². The highest BCUT2D eigenvalue weighted by molar-refractivity contribution is 7.19. The molecule has 1 amide bonds. The maximum absolute atomic E-state index is 12.9. The number of fused-ring (bicyclic) bond motifs is 3. The van der Waals surface area contributed by atoms with Crippen LogP contribution in [0.4, 0.5) is 5.82 Å². The van der Waals surface area contributed by atoms with Crippen LogP contribution in [-0.2, 0) is 30.7 Å². The van der Waals surface area contributed by atoms with Gasteiger partial charge in [-0.1, -0.05) is 17.7 Å². The molecule has 0 saturated carbocycles. The maximum Gasteiger partial charge on any atom is 0.227 e. The predicted octanol–water partition coefficient (Wildman–Crippen LogP) is 3.22. The summed E-state index contributed by atoms with van der Waals surface area (Å²) >= 11 is 7.89. The lowest BCUT2D eigenvalue weighted by atomic mass is 10.0. The molecule has 6 nitrogen and oxygen atoms in total. The van der Waals surface area contributed by atoms with Crippen molar-refractivity contribution in [2.45, 2.75) is 32.3 Å². The Hall–Kier alpha value is -2.22. The lowest BCUT2D eigenvalue weighted by Gasteiger charge is -2.36. The number of aromatic nitrogens is 2. The number of hydrogen-bond acceptors (Lipinski definition) is 6. The molecular formula is C22H23ClN4O2S. The van der Waals surface area contributed by atoms with E-state index in [2.05, 4.69) is 14.9 Å². The van der Waals surface area contributed by atoms with E-state index >= 15 is 0 Å². The number of hydrogen-bond donors (Lipinski definition) is 1. The third kappa shape index (κ3) is 3.55. The fourth-order valence-electron chi connectivity index (χ4n) is 4.51. The number of aliphatic hydroxyl groups is 1. The van der Waals surface area contributed by atoms with Crippen molar-refractivity contribution in [1.82, 2.24) is 14.9 Å². The number of carbonyl (C=O) groups excluding carboxylic acids is 1. The Balaban J connectivity index is 1.30. The first-order valence-electron chi connectivity index (χ1n) is 10.3. The number of halogens is 1. The van der Waals surface area contributed by atoms with E-state index in [1.165, 1.54) is 22.2 Å². The first kappa shape index (κ1) is 19.7. The number of nitrogens with zero attached hydrogens (tertiary/aromatic N) is 4. The van der Waals surface area contributed by atoms with Gasteiger partial charge in [-0.15, -0.1) is 11.3 Å². The van der Waals surface area contributed by atoms with Crippen LogP contribution in [0.1, 0.15) is 28.0 Å². The third-order valence-corrected chi connectivity index (χ3v) is 7.53. The summed E-state index contributed by atoms with van der Waals surface area (Å²) in [5.74, 6) is 1.08. The van der Waals surface area contributed by atoms with Crippen molar-refractivity contribution in [3.05, 3.63) is 51.1 Å². The summed E-state index contributed by atoms with van der Waals surface area (Å²) < 4.78 is 0. The van der Waals surface area contributed by atoms with Gasteiger partial charge in [-0.25, -0.2) is 9.97 Å². The molecule has 0 radical (unpaired) electrons. The van der Waals surface area contributed by atoms with Crippen LogP contribution in [-0.4, -0.2) is 52.1 Å². The Morgan fingerprint density at radius 1 is 1.13 bits per heavy atom. The highest BCUT2D eigenvalue weighted by Gasteiger charge is 2.27. The van der Waals surface area contributed by atoms with Crippen LogP contribution in [0.2, 0.25) is 5.02 Å². The average Bonchev–Trinajstić information content (AvgIpc) is 3.35. The second-order valence-electron chi connectivity index (χ2n) is 7.85. The van der Waals surface area contributed by atoms with E-state index in [1.54, 1.807) is 35.9 Å². The smallest absolute Gasteiger partial charge is 0.227 e. The van der Waals surface area contributed by atoms with Crippen LogP contribution in [0.3, 0.4) is 0 Å². The molecule has 3 heterocycles. The van der Waals surface area contributed by atoms with E-state index in [4.69, 9.17) is 11.6 Å². The average molecular weight is 443 g/mol. The van der Waals surface area contributed by atoms with Crippen LogP contribution in [0.25, 0.3) is 10.2 Å². The van der Waals surface area contributed by atoms with Crippen molar-refractivity contribution in [2.24, 2.45) is 0 Å². The van der Waals surface area contributed by atoms with E-state index in [0.717, 1.165) is 47.7 Å². The molecule has 1 saturated heterocycles. The number of anilines is 1. The molecule has 1 fully saturated rings. The van der Waals surface area contributed by atoms with E-state index < -0.39 is 0 Å². The lowest BCUT2D eigenvalue weighted by molar-refractivity contribution is -0.130. The zero-order valence-corrected chi connectivity index (χ0v) is 18.2. The molecule has 5 rings (SSSR count). The number of amides is 1. The molecule has 0 bridgehead atoms. The maximum atomic E-state index is 12.9. The topological polar surface area (TPSA) is 69.6 Å². The summed E-state index contributed by atoms with van der Waals surface area (Å²) in [7, 11) is 0. The van der Waals surface area contributed by atoms with Gasteiger partial charge >= 0.3 is 0 Å². The summed E-state index contributed by atoms with van der Waals surface area (Å²) in [6.07, 6.45) is 5.40. The SMILES string of the molecule is O=C(Cc1cc(Cl)ccc1CO)N1CCN(c2ncnc3sc4c(c23)CCC4)CC1. The number of rotatable bonds is 4. The molecule has 0 atom stereocenters. The Morgan fingerprint density at radius 2 is 1.97 bits per heavy atom. The molecule has 8 heteroatoms. The zero-order chi connectivity index (χ0) is 20.7. The Bertz CT molecular complexity index is 1110. The molecule has 0 unspecified atom stereocenters. The van der Waals surface area contributed by atoms with Gasteiger partial charge in [0.1, 0.15) is 17.0 Å². The second-order valence-corrected chi connectivity index (χ2v) is 9.37. The Kier molecular flexibility index (Phi) is 5.35. The van der Waals surface area contributed by atoms with Gasteiger partial charge in [0.2, 0.25) is 5.91 Å². The normalized spacial score (nSPS) is 16.3. The van der Waals surface area contributed by atoms with Gasteiger partial charge in [0, 0.05) is 36.1 Å². The van der Waals surface area contributed by atoms with E-state index in [1.807, 2.05) is 4.90 Å². The molecule has 2 aromatic heterocycles. The van der Waals surface area contributed by atoms with Crippen molar-refractivity contribution in [1.29, 1.82) is 0 Å². The van der Waals surface area contributed by atoms with Gasteiger partial charge in [-0.05, 0) is 48.1 Å². The van der Waals surface area contributed by atoms with Crippen LogP contribution < -0.4 is 4.90 Å². The number of aliphatic hydroxyl groups excluding tert-OH is 1. The standard InChI is InChI=1S/C22H23ClN4O2S/c23-16-5-4-14(12-28)15(10-16)11-19(29)26-6-8-27(9-7-26)21-20-17-2-1-3-18(17)30-22(20)25-13-24-21/h4-5,10,13,28H,1-3,6-9,11-12H2. The number of benzene rings is 1. The van der Waals surface area contributed by atoms with Gasteiger partial charge in [-0.3, -0.25) is 4.79 Å². The number of piperazine rings is 1. The van der Waals surface area contributed by atoms with Gasteiger partial charge in [0.15, 0.2) is 0 Å². The molecule has 1 N–H and O–H groups in total. The lowest BCUT2D eigenvalue weighted by Crippen LogP contribution is -2.49. The van der Waals surface area contributed by atoms with Gasteiger partial charge in [-0.2, -0.15) is 0 Å². The largest absolute Gasteiger partial charge is 0.392 e. The van der Waals surface area contributed by atoms with Crippen molar-refractivity contribution in [3.8, 4) is 0 Å². The molecule has 1 aliphatic heterocycles. The van der Waals surface area contributed by atoms with Gasteiger partial charge < -0.3 is 14.9 Å². The molecule has 156 valence electrons. The molecular weight excluding hydrogens is 420 g/mol. The number of thiophene rings is 1. The van der Waals surface area contributed by atoms with Crippen LogP contribution >= 0.6 is 22.9 Å². The van der Waals surface area contributed by atoms with Crippen LogP contribution in [0.15, 0.2) is 24.5 Å². The van der Waals surface area contributed by atoms with E-state index in [9.17, 15) is 9.90 Å². The van der Waals surface area contributed by atoms with Crippen molar-refractivity contribution >= 4 is 44.9 Å². The summed E-state index contributed by atoms with van der Waals surface area (Å²) in [6.45, 7) is 2.73.